The van der Waals surface area contributed by atoms with Crippen molar-refractivity contribution in [3.05, 3.63) is 39.4 Å². The summed E-state index contributed by atoms with van der Waals surface area (Å²) < 4.78 is 31.6. The SMILES string of the molecule is O=S(=O)(O)O.O=[N+]([O-])c1ccc(Cl)cc1. The fraction of sp³-hybridized carbons (Fsp3) is 0. The number of benzene rings is 1. The topological polar surface area (TPSA) is 118 Å². The summed E-state index contributed by atoms with van der Waals surface area (Å²) in [5, 5.41) is 10.6. The molecule has 0 saturated heterocycles. The summed E-state index contributed by atoms with van der Waals surface area (Å²) in [6.45, 7) is 0. The van der Waals surface area contributed by atoms with Crippen LogP contribution in [-0.4, -0.2) is 22.4 Å². The van der Waals surface area contributed by atoms with E-state index in [9.17, 15) is 10.1 Å². The second-order valence-corrected chi connectivity index (χ2v) is 3.51. The lowest BCUT2D eigenvalue weighted by Gasteiger charge is -1.88. The molecule has 2 N–H and O–H groups in total. The van der Waals surface area contributed by atoms with Gasteiger partial charge < -0.3 is 0 Å². The molecule has 84 valence electrons. The molecule has 0 aliphatic carbocycles. The van der Waals surface area contributed by atoms with Crippen LogP contribution in [0.3, 0.4) is 0 Å². The van der Waals surface area contributed by atoms with E-state index in [2.05, 4.69) is 0 Å². The molecule has 1 rings (SSSR count). The van der Waals surface area contributed by atoms with Gasteiger partial charge >= 0.3 is 10.4 Å². The van der Waals surface area contributed by atoms with Crippen molar-refractivity contribution < 1.29 is 22.4 Å². The van der Waals surface area contributed by atoms with Crippen molar-refractivity contribution in [2.45, 2.75) is 0 Å². The van der Waals surface area contributed by atoms with Crippen molar-refractivity contribution in [2.24, 2.45) is 0 Å². The van der Waals surface area contributed by atoms with Crippen LogP contribution in [0.4, 0.5) is 5.69 Å². The average Bonchev–Trinajstić information content (AvgIpc) is 2.01. The Hall–Kier alpha value is -1.22. The molecule has 0 saturated carbocycles. The molecule has 0 aliphatic heterocycles. The third-order valence-corrected chi connectivity index (χ3v) is 1.29. The molecule has 9 heteroatoms. The maximum absolute atomic E-state index is 10.1. The first kappa shape index (κ1) is 13.8. The summed E-state index contributed by atoms with van der Waals surface area (Å²) in [6, 6.07) is 5.70. The van der Waals surface area contributed by atoms with Gasteiger partial charge in [-0.1, -0.05) is 11.6 Å². The maximum Gasteiger partial charge on any atom is 0.394 e. The second kappa shape index (κ2) is 5.61. The minimum atomic E-state index is -4.67. The van der Waals surface area contributed by atoms with Crippen LogP contribution < -0.4 is 0 Å². The van der Waals surface area contributed by atoms with E-state index in [0.717, 1.165) is 0 Å². The third-order valence-electron chi connectivity index (χ3n) is 1.04. The number of nitro benzene ring substituents is 1. The number of nitrogens with zero attached hydrogens (tertiary/aromatic N) is 1. The van der Waals surface area contributed by atoms with Gasteiger partial charge in [0.25, 0.3) is 5.69 Å². The molecule has 0 bridgehead atoms. The van der Waals surface area contributed by atoms with Gasteiger partial charge in [0, 0.05) is 17.2 Å². The molecule has 0 fully saturated rings. The molecule has 0 amide bonds. The lowest BCUT2D eigenvalue weighted by atomic mass is 10.3. The Balaban J connectivity index is 0.000000336. The highest BCUT2D eigenvalue weighted by Gasteiger charge is 2.01. The van der Waals surface area contributed by atoms with Crippen LogP contribution >= 0.6 is 11.6 Å². The van der Waals surface area contributed by atoms with Gasteiger partial charge in [-0.3, -0.25) is 19.2 Å². The summed E-state index contributed by atoms with van der Waals surface area (Å²) >= 11 is 5.49. The Bertz CT molecular complexity index is 419. The van der Waals surface area contributed by atoms with E-state index in [1.165, 1.54) is 24.3 Å². The first-order valence-corrected chi connectivity index (χ1v) is 5.07. The van der Waals surface area contributed by atoms with Gasteiger partial charge in [0.05, 0.1) is 4.92 Å². The quantitative estimate of drug-likeness (QED) is 0.447. The zero-order valence-corrected chi connectivity index (χ0v) is 8.64. The van der Waals surface area contributed by atoms with E-state index in [-0.39, 0.29) is 5.69 Å². The maximum atomic E-state index is 10.1. The number of hydrogen-bond acceptors (Lipinski definition) is 4. The van der Waals surface area contributed by atoms with E-state index in [1.54, 1.807) is 0 Å². The van der Waals surface area contributed by atoms with Gasteiger partial charge in [-0.25, -0.2) is 0 Å². The second-order valence-electron chi connectivity index (χ2n) is 2.18. The lowest BCUT2D eigenvalue weighted by Crippen LogP contribution is -1.89. The van der Waals surface area contributed by atoms with Crippen LogP contribution in [0.2, 0.25) is 5.02 Å². The number of nitro groups is 1. The fourth-order valence-corrected chi connectivity index (χ4v) is 0.689. The first-order chi connectivity index (χ1) is 6.70. The van der Waals surface area contributed by atoms with E-state index >= 15 is 0 Å². The van der Waals surface area contributed by atoms with E-state index in [0.29, 0.717) is 5.02 Å². The predicted octanol–water partition coefficient (Wildman–Crippen LogP) is 1.60. The third kappa shape index (κ3) is 9.09. The van der Waals surface area contributed by atoms with Gasteiger partial charge in [0.2, 0.25) is 0 Å². The molecule has 0 radical (unpaired) electrons. The highest BCUT2D eigenvalue weighted by atomic mass is 35.5. The Labute approximate surface area is 90.0 Å². The monoisotopic (exact) mass is 255 g/mol. The molecule has 0 aliphatic rings. The fourth-order valence-electron chi connectivity index (χ4n) is 0.563. The Morgan fingerprint density at radius 3 is 1.80 bits per heavy atom. The van der Waals surface area contributed by atoms with Crippen LogP contribution in [0.25, 0.3) is 0 Å². The normalized spacial score (nSPS) is 10.1. The van der Waals surface area contributed by atoms with Crippen molar-refractivity contribution in [3.63, 3.8) is 0 Å². The van der Waals surface area contributed by atoms with E-state index in [1.807, 2.05) is 0 Å². The van der Waals surface area contributed by atoms with Crippen LogP contribution in [0.15, 0.2) is 24.3 Å². The Morgan fingerprint density at radius 2 is 1.53 bits per heavy atom. The number of hydrogen-bond donors (Lipinski definition) is 2. The van der Waals surface area contributed by atoms with E-state index < -0.39 is 15.3 Å². The summed E-state index contributed by atoms with van der Waals surface area (Å²) in [6.07, 6.45) is 0. The molecule has 7 nitrogen and oxygen atoms in total. The van der Waals surface area contributed by atoms with Gasteiger partial charge in [-0.2, -0.15) is 8.42 Å². The molecule has 0 atom stereocenters. The van der Waals surface area contributed by atoms with Crippen molar-refractivity contribution >= 4 is 27.7 Å². The van der Waals surface area contributed by atoms with Crippen molar-refractivity contribution in [1.29, 1.82) is 0 Å². The standard InChI is InChI=1S/C6H4ClNO2.H2O4S/c7-5-1-3-6(4-2-5)8(9)10;1-5(2,3)4/h1-4H;(H2,1,2,3,4). The van der Waals surface area contributed by atoms with Crippen LogP contribution in [-0.2, 0) is 10.4 Å². The minimum Gasteiger partial charge on any atom is -0.264 e. The van der Waals surface area contributed by atoms with Crippen molar-refractivity contribution in [2.75, 3.05) is 0 Å². The van der Waals surface area contributed by atoms with E-state index in [4.69, 9.17) is 29.1 Å². The zero-order valence-electron chi connectivity index (χ0n) is 7.07. The lowest BCUT2D eigenvalue weighted by molar-refractivity contribution is -0.384. The molecule has 0 aromatic heterocycles. The summed E-state index contributed by atoms with van der Waals surface area (Å²) in [5.74, 6) is 0. The number of non-ortho nitro benzene ring substituents is 1. The van der Waals surface area contributed by atoms with Crippen LogP contribution in [0, 0.1) is 10.1 Å². The zero-order chi connectivity index (χ0) is 12.1. The highest BCUT2D eigenvalue weighted by Crippen LogP contribution is 2.14. The van der Waals surface area contributed by atoms with Crippen LogP contribution in [0.1, 0.15) is 0 Å². The molecule has 1 aromatic carbocycles. The van der Waals surface area contributed by atoms with Gasteiger partial charge in [-0.15, -0.1) is 0 Å². The smallest absolute Gasteiger partial charge is 0.264 e. The highest BCUT2D eigenvalue weighted by molar-refractivity contribution is 7.79. The number of rotatable bonds is 1. The minimum absolute atomic E-state index is 0.0596. The Kier molecular flexibility index (Phi) is 5.15. The first-order valence-electron chi connectivity index (χ1n) is 3.30. The number of halogens is 1. The van der Waals surface area contributed by atoms with Gasteiger partial charge in [-0.05, 0) is 12.1 Å². The molecule has 0 unspecified atom stereocenters. The summed E-state index contributed by atoms with van der Waals surface area (Å²) in [5.41, 5.74) is 0.0596. The molecular weight excluding hydrogens is 250 g/mol. The average molecular weight is 256 g/mol. The molecule has 0 spiro atoms. The summed E-state index contributed by atoms with van der Waals surface area (Å²) in [7, 11) is -4.67. The van der Waals surface area contributed by atoms with Crippen molar-refractivity contribution in [1.82, 2.24) is 0 Å². The van der Waals surface area contributed by atoms with Gasteiger partial charge in [0.1, 0.15) is 0 Å². The largest absolute Gasteiger partial charge is 0.394 e. The van der Waals surface area contributed by atoms with Crippen molar-refractivity contribution in [3.8, 4) is 0 Å². The molecular formula is C6H6ClNO6S. The predicted molar refractivity (Wildman–Crippen MR) is 52.3 cm³/mol. The molecule has 15 heavy (non-hydrogen) atoms. The van der Waals surface area contributed by atoms with Gasteiger partial charge in [0.15, 0.2) is 0 Å². The Morgan fingerprint density at radius 1 is 1.20 bits per heavy atom. The van der Waals surface area contributed by atoms with Crippen LogP contribution in [0.5, 0.6) is 0 Å². The summed E-state index contributed by atoms with van der Waals surface area (Å²) in [4.78, 5) is 9.61. The molecule has 0 heterocycles. The molecule has 1 aromatic rings.